The normalized spacial score (nSPS) is 21.8. The molecule has 0 saturated carbocycles. The van der Waals surface area contributed by atoms with Crippen LogP contribution in [-0.2, 0) is 28.5 Å². The molecular weight excluding hydrogens is 452 g/mol. The molecule has 35 heavy (non-hydrogen) atoms. The Hall–Kier alpha value is -3.27. The van der Waals surface area contributed by atoms with Crippen molar-refractivity contribution < 1.29 is 33.3 Å². The van der Waals surface area contributed by atoms with Gasteiger partial charge in [-0.1, -0.05) is 48.5 Å². The number of benzene rings is 2. The molecule has 3 rings (SSSR count). The van der Waals surface area contributed by atoms with E-state index >= 15 is 0 Å². The molecule has 2 aromatic carbocycles. The van der Waals surface area contributed by atoms with E-state index in [0.717, 1.165) is 5.56 Å². The van der Waals surface area contributed by atoms with Gasteiger partial charge in [0.2, 0.25) is 5.91 Å². The maximum Gasteiger partial charge on any atom is 0.338 e. The lowest BCUT2D eigenvalue weighted by Gasteiger charge is -2.33. The van der Waals surface area contributed by atoms with Gasteiger partial charge in [0.25, 0.3) is 0 Å². The summed E-state index contributed by atoms with van der Waals surface area (Å²) in [5.41, 5.74) is 1.24. The van der Waals surface area contributed by atoms with E-state index in [0.29, 0.717) is 5.56 Å². The van der Waals surface area contributed by atoms with Gasteiger partial charge in [0.15, 0.2) is 0 Å². The number of carbonyl (C=O) groups excluding carboxylic acids is 3. The summed E-state index contributed by atoms with van der Waals surface area (Å²) in [7, 11) is 4.90. The molecule has 1 fully saturated rings. The molecule has 1 amide bonds. The smallest absolute Gasteiger partial charge is 0.338 e. The molecule has 0 aliphatic carbocycles. The van der Waals surface area contributed by atoms with Gasteiger partial charge in [-0.05, 0) is 24.7 Å². The minimum atomic E-state index is -0.824. The molecule has 0 unspecified atom stereocenters. The fraction of sp³-hybridized carbons (Fsp3) is 0.423. The summed E-state index contributed by atoms with van der Waals surface area (Å²) in [4.78, 5) is 41.6. The van der Waals surface area contributed by atoms with Crippen LogP contribution in [0.3, 0.4) is 0 Å². The molecule has 1 aliphatic rings. The summed E-state index contributed by atoms with van der Waals surface area (Å²) in [6.07, 6.45) is -1.44. The van der Waals surface area contributed by atoms with Crippen LogP contribution in [0.2, 0.25) is 0 Å². The van der Waals surface area contributed by atoms with E-state index in [1.165, 1.54) is 14.0 Å². The van der Waals surface area contributed by atoms with Crippen LogP contribution in [-0.4, -0.2) is 87.0 Å². The lowest BCUT2D eigenvalue weighted by atomic mass is 10.00. The molecular formula is C26H32N2O7. The van der Waals surface area contributed by atoms with E-state index in [1.807, 2.05) is 30.3 Å². The molecule has 0 N–H and O–H groups in total. The highest BCUT2D eigenvalue weighted by molar-refractivity contribution is 5.89. The number of nitrogens with zero attached hydrogens (tertiary/aromatic N) is 2. The molecule has 0 radical (unpaired) electrons. The molecule has 1 saturated heterocycles. The Morgan fingerprint density at radius 3 is 2.26 bits per heavy atom. The van der Waals surface area contributed by atoms with Gasteiger partial charge in [0.1, 0.15) is 31.6 Å². The van der Waals surface area contributed by atoms with Gasteiger partial charge in [0.05, 0.1) is 11.6 Å². The predicted octanol–water partition coefficient (Wildman–Crippen LogP) is 2.28. The number of hydrogen-bond donors (Lipinski definition) is 0. The van der Waals surface area contributed by atoms with Crippen molar-refractivity contribution in [2.75, 3.05) is 41.1 Å². The number of ether oxygens (including phenoxy) is 4. The summed E-state index contributed by atoms with van der Waals surface area (Å²) >= 11 is 0. The average Bonchev–Trinajstić information content (AvgIpc) is 2.94. The van der Waals surface area contributed by atoms with E-state index in [9.17, 15) is 14.4 Å². The molecule has 0 bridgehead atoms. The second kappa shape index (κ2) is 12.4. The third-order valence-corrected chi connectivity index (χ3v) is 5.91. The van der Waals surface area contributed by atoms with Crippen LogP contribution >= 0.6 is 0 Å². The number of rotatable bonds is 9. The van der Waals surface area contributed by atoms with Gasteiger partial charge in [-0.25, -0.2) is 4.79 Å². The first-order valence-electron chi connectivity index (χ1n) is 11.3. The molecule has 0 spiro atoms. The first-order valence-corrected chi connectivity index (χ1v) is 11.3. The standard InChI is InChI=1S/C26H32N2O7/c1-18(29)35-21-15-27(2)24(25(30)28(3)23(21)19-11-7-5-8-12-19)22(34-17-32-4)16-33-26(31)20-13-9-6-10-14-20/h5-14,21-24H,15-17H2,1-4H3/t21-,22+,23+,24-/m0/s1. The number of carbonyl (C=O) groups is 3. The van der Waals surface area contributed by atoms with Crippen molar-refractivity contribution in [2.24, 2.45) is 0 Å². The Labute approximate surface area is 205 Å². The molecule has 188 valence electrons. The zero-order valence-electron chi connectivity index (χ0n) is 20.5. The van der Waals surface area contributed by atoms with E-state index in [2.05, 4.69) is 0 Å². The Kier molecular flexibility index (Phi) is 9.36. The Morgan fingerprint density at radius 1 is 1.03 bits per heavy atom. The Bertz CT molecular complexity index is 986. The van der Waals surface area contributed by atoms with Gasteiger partial charge < -0.3 is 23.8 Å². The van der Waals surface area contributed by atoms with Crippen LogP contribution in [0.1, 0.15) is 28.9 Å². The monoisotopic (exact) mass is 484 g/mol. The van der Waals surface area contributed by atoms with Crippen molar-refractivity contribution in [2.45, 2.75) is 31.2 Å². The molecule has 1 aliphatic heterocycles. The summed E-state index contributed by atoms with van der Waals surface area (Å²) in [6, 6.07) is 16.7. The summed E-state index contributed by atoms with van der Waals surface area (Å²) in [6.45, 7) is 1.35. The Balaban J connectivity index is 1.88. The van der Waals surface area contributed by atoms with Gasteiger partial charge in [-0.15, -0.1) is 0 Å². The van der Waals surface area contributed by atoms with Crippen molar-refractivity contribution in [1.29, 1.82) is 0 Å². The number of likely N-dealkylation sites (N-methyl/N-ethyl adjacent to an activating group) is 2. The topological polar surface area (TPSA) is 94.6 Å². The minimum absolute atomic E-state index is 0.0929. The third-order valence-electron chi connectivity index (χ3n) is 5.91. The summed E-state index contributed by atoms with van der Waals surface area (Å²) < 4.78 is 22.1. The highest BCUT2D eigenvalue weighted by Crippen LogP contribution is 2.31. The highest BCUT2D eigenvalue weighted by Gasteiger charge is 2.45. The van der Waals surface area contributed by atoms with Crippen LogP contribution in [0.25, 0.3) is 0 Å². The molecule has 2 aromatic rings. The van der Waals surface area contributed by atoms with E-state index in [1.54, 1.807) is 54.2 Å². The van der Waals surface area contributed by atoms with Crippen LogP contribution in [0, 0.1) is 0 Å². The maximum atomic E-state index is 13.8. The zero-order valence-corrected chi connectivity index (χ0v) is 20.5. The van der Waals surface area contributed by atoms with Crippen molar-refractivity contribution in [3.05, 3.63) is 71.8 Å². The van der Waals surface area contributed by atoms with Crippen LogP contribution in [0.5, 0.6) is 0 Å². The Morgan fingerprint density at radius 2 is 1.66 bits per heavy atom. The number of methoxy groups -OCH3 is 1. The van der Waals surface area contributed by atoms with Crippen molar-refractivity contribution in [3.8, 4) is 0 Å². The van der Waals surface area contributed by atoms with E-state index in [-0.39, 0.29) is 25.9 Å². The first-order chi connectivity index (χ1) is 16.8. The van der Waals surface area contributed by atoms with Gasteiger partial charge >= 0.3 is 11.9 Å². The van der Waals surface area contributed by atoms with Crippen LogP contribution in [0.4, 0.5) is 0 Å². The second-order valence-electron chi connectivity index (χ2n) is 8.41. The van der Waals surface area contributed by atoms with Crippen LogP contribution < -0.4 is 0 Å². The maximum absolute atomic E-state index is 13.8. The molecule has 9 heteroatoms. The molecule has 9 nitrogen and oxygen atoms in total. The third kappa shape index (κ3) is 6.66. The molecule has 1 heterocycles. The fourth-order valence-corrected chi connectivity index (χ4v) is 4.33. The lowest BCUT2D eigenvalue weighted by Crippen LogP contribution is -2.53. The first kappa shape index (κ1) is 26.3. The molecule has 4 atom stereocenters. The summed E-state index contributed by atoms with van der Waals surface area (Å²) in [5, 5.41) is 0. The summed E-state index contributed by atoms with van der Waals surface area (Å²) in [5.74, 6) is -1.21. The zero-order chi connectivity index (χ0) is 25.4. The fourth-order valence-electron chi connectivity index (χ4n) is 4.33. The van der Waals surface area contributed by atoms with Gasteiger partial charge in [-0.2, -0.15) is 0 Å². The largest absolute Gasteiger partial charge is 0.459 e. The average molecular weight is 485 g/mol. The number of amides is 1. The number of esters is 2. The molecule has 0 aromatic heterocycles. The highest BCUT2D eigenvalue weighted by atomic mass is 16.7. The predicted molar refractivity (Wildman–Crippen MR) is 127 cm³/mol. The van der Waals surface area contributed by atoms with Gasteiger partial charge in [-0.3, -0.25) is 14.5 Å². The SMILES string of the molecule is COCO[C@H](COC(=O)c1ccccc1)[C@H]1C(=O)N(C)[C@H](c2ccccc2)[C@@H](OC(C)=O)CN1C. The van der Waals surface area contributed by atoms with E-state index in [4.69, 9.17) is 18.9 Å². The van der Waals surface area contributed by atoms with Crippen molar-refractivity contribution >= 4 is 17.8 Å². The van der Waals surface area contributed by atoms with Crippen molar-refractivity contribution in [3.63, 3.8) is 0 Å². The number of hydrogen-bond acceptors (Lipinski definition) is 8. The quantitative estimate of drug-likeness (QED) is 0.395. The lowest BCUT2D eigenvalue weighted by molar-refractivity contribution is -0.153. The van der Waals surface area contributed by atoms with Crippen molar-refractivity contribution in [1.82, 2.24) is 9.80 Å². The minimum Gasteiger partial charge on any atom is -0.459 e. The second-order valence-corrected chi connectivity index (χ2v) is 8.41. The van der Waals surface area contributed by atoms with Gasteiger partial charge in [0, 0.05) is 27.6 Å². The van der Waals surface area contributed by atoms with E-state index < -0.39 is 36.2 Å². The van der Waals surface area contributed by atoms with Crippen LogP contribution in [0.15, 0.2) is 60.7 Å².